The van der Waals surface area contributed by atoms with E-state index in [1.54, 1.807) is 0 Å². The van der Waals surface area contributed by atoms with Gasteiger partial charge in [-0.2, -0.15) is 0 Å². The van der Waals surface area contributed by atoms with Crippen molar-refractivity contribution in [2.75, 3.05) is 119 Å². The molecule has 43 heavy (non-hydrogen) atoms. The van der Waals surface area contributed by atoms with Crippen molar-refractivity contribution in [2.45, 2.75) is 32.1 Å². The molecular formula is C30H51NO12. The maximum absolute atomic E-state index is 11.9. The zero-order chi connectivity index (χ0) is 30.6. The first-order chi connectivity index (χ1) is 21.2. The highest BCUT2D eigenvalue weighted by Crippen LogP contribution is 2.52. The minimum absolute atomic E-state index is 0.00384. The Labute approximate surface area is 255 Å². The van der Waals surface area contributed by atoms with E-state index in [0.717, 1.165) is 25.7 Å². The van der Waals surface area contributed by atoms with Crippen molar-refractivity contribution in [2.24, 2.45) is 17.8 Å². The van der Waals surface area contributed by atoms with Gasteiger partial charge in [-0.3, -0.25) is 4.79 Å². The van der Waals surface area contributed by atoms with Crippen molar-refractivity contribution in [1.29, 1.82) is 0 Å². The standard InChI is InChI=1S/C30H51NO12/c32-29(33)7-9-35-11-13-37-15-17-39-19-21-41-23-24-42-22-20-40-18-16-38-14-12-36-10-8-31-30(34)43-25-28-26-5-3-1-2-4-6-27(26)28/h26-28H,3-25H2,(H,31,34)(H,32,33)/t26-,27+,28?. The molecule has 0 aliphatic heterocycles. The molecule has 1 unspecified atom stereocenters. The van der Waals surface area contributed by atoms with E-state index < -0.39 is 5.97 Å². The fraction of sp³-hybridized carbons (Fsp3) is 0.867. The third-order valence-electron chi connectivity index (χ3n) is 6.83. The molecule has 0 saturated heterocycles. The topological polar surface area (TPSA) is 149 Å². The quantitative estimate of drug-likeness (QED) is 0.0930. The summed E-state index contributed by atoms with van der Waals surface area (Å²) in [6.45, 7) is 7.85. The lowest BCUT2D eigenvalue weighted by molar-refractivity contribution is -0.138. The third kappa shape index (κ3) is 21.3. The SMILES string of the molecule is O=C(O)CCOCCOCCOCCOCCOCCOCCOCCOCCNC(=O)OCC1[C@H]2CCC#CCC[C@@H]12. The Hall–Kier alpha value is -2.02. The van der Waals surface area contributed by atoms with E-state index in [-0.39, 0.29) is 19.1 Å². The van der Waals surface area contributed by atoms with Gasteiger partial charge in [0, 0.05) is 19.4 Å². The Morgan fingerprint density at radius 1 is 0.581 bits per heavy atom. The van der Waals surface area contributed by atoms with Gasteiger partial charge in [0.15, 0.2) is 0 Å². The van der Waals surface area contributed by atoms with E-state index in [4.69, 9.17) is 47.7 Å². The number of carboxylic acids is 1. The second-order valence-electron chi connectivity index (χ2n) is 9.99. The summed E-state index contributed by atoms with van der Waals surface area (Å²) in [7, 11) is 0. The van der Waals surface area contributed by atoms with Crippen LogP contribution < -0.4 is 5.32 Å². The first kappa shape index (κ1) is 37.2. The van der Waals surface area contributed by atoms with Crippen LogP contribution in [0.25, 0.3) is 0 Å². The maximum atomic E-state index is 11.9. The Morgan fingerprint density at radius 3 is 1.35 bits per heavy atom. The number of alkyl carbamates (subject to hydrolysis) is 1. The van der Waals surface area contributed by atoms with Crippen LogP contribution in [0.15, 0.2) is 0 Å². The van der Waals surface area contributed by atoms with Gasteiger partial charge in [-0.25, -0.2) is 4.79 Å². The number of amides is 1. The Balaban J connectivity index is 1.18. The minimum Gasteiger partial charge on any atom is -0.481 e. The highest BCUT2D eigenvalue weighted by atomic mass is 16.6. The van der Waals surface area contributed by atoms with Gasteiger partial charge in [0.05, 0.1) is 119 Å². The van der Waals surface area contributed by atoms with Gasteiger partial charge in [-0.1, -0.05) is 0 Å². The molecule has 3 atom stereocenters. The molecular weight excluding hydrogens is 566 g/mol. The van der Waals surface area contributed by atoms with Crippen LogP contribution in [-0.2, 0) is 47.4 Å². The minimum atomic E-state index is -0.876. The molecule has 0 spiro atoms. The van der Waals surface area contributed by atoms with Crippen LogP contribution in [0.5, 0.6) is 0 Å². The van der Waals surface area contributed by atoms with Gasteiger partial charge < -0.3 is 53.1 Å². The summed E-state index contributed by atoms with van der Waals surface area (Å²) in [6, 6.07) is 0. The summed E-state index contributed by atoms with van der Waals surface area (Å²) in [5, 5.41) is 11.2. The lowest BCUT2D eigenvalue weighted by atomic mass is 10.1. The number of nitrogens with one attached hydrogen (secondary N) is 1. The number of aliphatic carboxylic acids is 1. The smallest absolute Gasteiger partial charge is 0.407 e. The molecule has 0 aromatic rings. The van der Waals surface area contributed by atoms with Crippen LogP contribution in [-0.4, -0.2) is 136 Å². The van der Waals surface area contributed by atoms with Crippen LogP contribution in [0.3, 0.4) is 0 Å². The highest BCUT2D eigenvalue weighted by molar-refractivity contribution is 5.67. The van der Waals surface area contributed by atoms with Crippen LogP contribution in [0.1, 0.15) is 32.1 Å². The number of carboxylic acid groups (broad SMARTS) is 1. The first-order valence-electron chi connectivity index (χ1n) is 15.4. The summed E-state index contributed by atoms with van der Waals surface area (Å²) in [5.74, 6) is 7.35. The molecule has 248 valence electrons. The van der Waals surface area contributed by atoms with Crippen molar-refractivity contribution in [3.63, 3.8) is 0 Å². The summed E-state index contributed by atoms with van der Waals surface area (Å²) >= 11 is 0. The number of hydrogen-bond acceptors (Lipinski definition) is 11. The molecule has 0 aromatic heterocycles. The summed E-state index contributed by atoms with van der Waals surface area (Å²) in [6.07, 6.45) is 3.78. The highest BCUT2D eigenvalue weighted by Gasteiger charge is 2.49. The van der Waals surface area contributed by atoms with E-state index >= 15 is 0 Å². The van der Waals surface area contributed by atoms with Crippen LogP contribution in [0.2, 0.25) is 0 Å². The van der Waals surface area contributed by atoms with Crippen molar-refractivity contribution < 1.29 is 57.3 Å². The molecule has 0 aromatic carbocycles. The zero-order valence-corrected chi connectivity index (χ0v) is 25.4. The molecule has 1 amide bonds. The first-order valence-corrected chi connectivity index (χ1v) is 15.4. The number of hydrogen-bond donors (Lipinski definition) is 2. The molecule has 1 saturated carbocycles. The second-order valence-corrected chi connectivity index (χ2v) is 9.99. The van der Waals surface area contributed by atoms with Crippen molar-refractivity contribution in [3.8, 4) is 11.8 Å². The Bertz CT molecular complexity index is 756. The molecule has 0 heterocycles. The van der Waals surface area contributed by atoms with Crippen molar-refractivity contribution >= 4 is 12.1 Å². The van der Waals surface area contributed by atoms with Gasteiger partial charge in [0.2, 0.25) is 0 Å². The Morgan fingerprint density at radius 2 is 0.953 bits per heavy atom. The van der Waals surface area contributed by atoms with Crippen LogP contribution >= 0.6 is 0 Å². The molecule has 0 bridgehead atoms. The molecule has 2 rings (SSSR count). The molecule has 2 aliphatic rings. The molecule has 13 heteroatoms. The van der Waals surface area contributed by atoms with E-state index in [0.29, 0.717) is 130 Å². The van der Waals surface area contributed by atoms with E-state index in [1.807, 2.05) is 0 Å². The predicted molar refractivity (Wildman–Crippen MR) is 155 cm³/mol. The number of rotatable bonds is 29. The van der Waals surface area contributed by atoms with Crippen LogP contribution in [0.4, 0.5) is 4.79 Å². The van der Waals surface area contributed by atoms with Gasteiger partial charge >= 0.3 is 12.1 Å². The predicted octanol–water partition coefficient (Wildman–Crippen LogP) is 1.76. The van der Waals surface area contributed by atoms with Crippen LogP contribution in [0, 0.1) is 29.6 Å². The van der Waals surface area contributed by atoms with Crippen molar-refractivity contribution in [3.05, 3.63) is 0 Å². The monoisotopic (exact) mass is 617 g/mol. The van der Waals surface area contributed by atoms with Gasteiger partial charge in [-0.15, -0.1) is 11.8 Å². The lowest BCUT2D eigenvalue weighted by Crippen LogP contribution is -2.29. The second kappa shape index (κ2) is 26.4. The van der Waals surface area contributed by atoms with Gasteiger partial charge in [0.1, 0.15) is 0 Å². The fourth-order valence-corrected chi connectivity index (χ4v) is 4.53. The average Bonchev–Trinajstić information content (AvgIpc) is 3.63. The molecule has 2 N–H and O–H groups in total. The summed E-state index contributed by atoms with van der Waals surface area (Å²) in [5.41, 5.74) is 0. The third-order valence-corrected chi connectivity index (χ3v) is 6.83. The maximum Gasteiger partial charge on any atom is 0.407 e. The fourth-order valence-electron chi connectivity index (χ4n) is 4.53. The zero-order valence-electron chi connectivity index (χ0n) is 25.4. The number of fused-ring (bicyclic) bond motifs is 1. The number of carbonyl (C=O) groups is 2. The number of carbonyl (C=O) groups excluding carboxylic acids is 1. The van der Waals surface area contributed by atoms with Gasteiger partial charge in [-0.05, 0) is 30.6 Å². The normalized spacial score (nSPS) is 19.0. The number of ether oxygens (including phenoxy) is 9. The summed E-state index contributed by atoms with van der Waals surface area (Å²) < 4.78 is 48.4. The van der Waals surface area contributed by atoms with Crippen molar-refractivity contribution in [1.82, 2.24) is 5.32 Å². The molecule has 0 radical (unpaired) electrons. The van der Waals surface area contributed by atoms with E-state index in [1.165, 1.54) is 0 Å². The average molecular weight is 618 g/mol. The largest absolute Gasteiger partial charge is 0.481 e. The Kier molecular flexibility index (Phi) is 22.8. The van der Waals surface area contributed by atoms with E-state index in [2.05, 4.69) is 17.2 Å². The van der Waals surface area contributed by atoms with Gasteiger partial charge in [0.25, 0.3) is 0 Å². The molecule has 2 aliphatic carbocycles. The lowest BCUT2D eigenvalue weighted by Gasteiger charge is -2.09. The summed E-state index contributed by atoms with van der Waals surface area (Å²) in [4.78, 5) is 22.2. The molecule has 13 nitrogen and oxygen atoms in total. The molecule has 1 fully saturated rings. The van der Waals surface area contributed by atoms with E-state index in [9.17, 15) is 9.59 Å².